The van der Waals surface area contributed by atoms with Crippen LogP contribution >= 0.6 is 0 Å². The molecule has 1 aliphatic rings. The monoisotopic (exact) mass is 425 g/mol. The van der Waals surface area contributed by atoms with Gasteiger partial charge in [-0.2, -0.15) is 5.26 Å². The molecule has 9 heteroatoms. The Hall–Kier alpha value is -3.15. The SMILES string of the molecule is CC(C)(C)Nc1nc(C#N)cc2cnc(N[C@H]3C[C@](C)(NC(=O)OC(C)(C)C)C3)nc12. The van der Waals surface area contributed by atoms with E-state index in [9.17, 15) is 10.1 Å². The Balaban J connectivity index is 1.71. The van der Waals surface area contributed by atoms with Gasteiger partial charge in [0.05, 0.1) is 0 Å². The molecular weight excluding hydrogens is 394 g/mol. The van der Waals surface area contributed by atoms with Crippen molar-refractivity contribution >= 4 is 28.8 Å². The fourth-order valence-corrected chi connectivity index (χ4v) is 3.57. The van der Waals surface area contributed by atoms with Crippen LogP contribution in [-0.2, 0) is 4.74 Å². The molecule has 2 aromatic rings. The predicted octanol–water partition coefficient (Wildman–Crippen LogP) is 3.96. The predicted molar refractivity (Wildman–Crippen MR) is 120 cm³/mol. The third kappa shape index (κ3) is 5.94. The molecule has 1 fully saturated rings. The zero-order chi connectivity index (χ0) is 23.0. The number of nitrogens with zero attached hydrogens (tertiary/aromatic N) is 4. The van der Waals surface area contributed by atoms with Gasteiger partial charge >= 0.3 is 6.09 Å². The van der Waals surface area contributed by atoms with Gasteiger partial charge in [-0.15, -0.1) is 0 Å². The van der Waals surface area contributed by atoms with E-state index in [0.717, 1.165) is 18.2 Å². The summed E-state index contributed by atoms with van der Waals surface area (Å²) in [6.45, 7) is 13.6. The summed E-state index contributed by atoms with van der Waals surface area (Å²) in [5.74, 6) is 1.04. The number of carbonyl (C=O) groups is 1. The zero-order valence-electron chi connectivity index (χ0n) is 19.3. The molecule has 3 rings (SSSR count). The van der Waals surface area contributed by atoms with Crippen LogP contribution in [0.2, 0.25) is 0 Å². The molecule has 1 saturated carbocycles. The van der Waals surface area contributed by atoms with Gasteiger partial charge in [0.25, 0.3) is 0 Å². The fourth-order valence-electron chi connectivity index (χ4n) is 3.57. The first-order valence-electron chi connectivity index (χ1n) is 10.4. The van der Waals surface area contributed by atoms with Crippen LogP contribution in [0.15, 0.2) is 12.3 Å². The summed E-state index contributed by atoms with van der Waals surface area (Å²) in [7, 11) is 0. The average Bonchev–Trinajstić information content (AvgIpc) is 2.57. The van der Waals surface area contributed by atoms with E-state index in [0.29, 0.717) is 23.0 Å². The highest BCUT2D eigenvalue weighted by Gasteiger charge is 2.42. The van der Waals surface area contributed by atoms with Crippen LogP contribution in [0.1, 0.15) is 67.0 Å². The molecule has 0 spiro atoms. The lowest BCUT2D eigenvalue weighted by atomic mass is 9.74. The number of amides is 1. The molecular formula is C22H31N7O2. The Labute approximate surface area is 183 Å². The van der Waals surface area contributed by atoms with Crippen LogP contribution in [0, 0.1) is 11.3 Å². The fraction of sp³-hybridized carbons (Fsp3) is 0.591. The lowest BCUT2D eigenvalue weighted by Gasteiger charge is -2.45. The minimum absolute atomic E-state index is 0.128. The lowest BCUT2D eigenvalue weighted by molar-refractivity contribution is 0.0393. The molecule has 3 N–H and O–H groups in total. The summed E-state index contributed by atoms with van der Waals surface area (Å²) < 4.78 is 5.35. The summed E-state index contributed by atoms with van der Waals surface area (Å²) >= 11 is 0. The summed E-state index contributed by atoms with van der Waals surface area (Å²) in [5.41, 5.74) is -0.139. The summed E-state index contributed by atoms with van der Waals surface area (Å²) in [6, 6.07) is 3.89. The first-order chi connectivity index (χ1) is 14.3. The molecule has 1 aliphatic carbocycles. The maximum absolute atomic E-state index is 12.1. The van der Waals surface area contributed by atoms with Gasteiger partial charge in [0.1, 0.15) is 22.9 Å². The smallest absolute Gasteiger partial charge is 0.408 e. The number of alkyl carbamates (subject to hydrolysis) is 1. The number of ether oxygens (including phenoxy) is 1. The summed E-state index contributed by atoms with van der Waals surface area (Å²) in [5, 5.41) is 19.6. The molecule has 0 unspecified atom stereocenters. The van der Waals surface area contributed by atoms with Crippen molar-refractivity contribution in [1.29, 1.82) is 5.26 Å². The molecule has 31 heavy (non-hydrogen) atoms. The van der Waals surface area contributed by atoms with Crippen molar-refractivity contribution in [3.63, 3.8) is 0 Å². The highest BCUT2D eigenvalue weighted by atomic mass is 16.6. The van der Waals surface area contributed by atoms with E-state index in [1.165, 1.54) is 0 Å². The maximum Gasteiger partial charge on any atom is 0.408 e. The van der Waals surface area contributed by atoms with Gasteiger partial charge in [0.2, 0.25) is 5.95 Å². The Bertz CT molecular complexity index is 1030. The van der Waals surface area contributed by atoms with E-state index in [1.54, 1.807) is 12.3 Å². The Morgan fingerprint density at radius 2 is 1.90 bits per heavy atom. The third-order valence-corrected chi connectivity index (χ3v) is 4.70. The second kappa shape index (κ2) is 7.84. The molecule has 0 saturated heterocycles. The van der Waals surface area contributed by atoms with E-state index in [2.05, 4.69) is 37.0 Å². The minimum Gasteiger partial charge on any atom is -0.444 e. The van der Waals surface area contributed by atoms with Crippen LogP contribution in [-0.4, -0.2) is 43.8 Å². The molecule has 0 aromatic carbocycles. The highest BCUT2D eigenvalue weighted by molar-refractivity contribution is 5.89. The van der Waals surface area contributed by atoms with Crippen LogP contribution in [0.25, 0.3) is 10.9 Å². The number of nitrogens with one attached hydrogen (secondary N) is 3. The maximum atomic E-state index is 12.1. The number of nitriles is 1. The van der Waals surface area contributed by atoms with Crippen molar-refractivity contribution in [3.05, 3.63) is 18.0 Å². The number of hydrogen-bond acceptors (Lipinski definition) is 8. The third-order valence-electron chi connectivity index (χ3n) is 4.70. The van der Waals surface area contributed by atoms with Gasteiger partial charge in [-0.1, -0.05) is 0 Å². The first kappa shape index (κ1) is 22.5. The second-order valence-electron chi connectivity index (χ2n) is 10.4. The van der Waals surface area contributed by atoms with Crippen molar-refractivity contribution in [2.75, 3.05) is 10.6 Å². The first-order valence-corrected chi connectivity index (χ1v) is 10.4. The summed E-state index contributed by atoms with van der Waals surface area (Å²) in [4.78, 5) is 25.5. The molecule has 2 heterocycles. The van der Waals surface area contributed by atoms with Gasteiger partial charge in [-0.25, -0.2) is 19.7 Å². The number of aromatic nitrogens is 3. The van der Waals surface area contributed by atoms with E-state index in [-0.39, 0.29) is 17.1 Å². The average molecular weight is 426 g/mol. The topological polar surface area (TPSA) is 125 Å². The number of rotatable bonds is 4. The van der Waals surface area contributed by atoms with Crippen LogP contribution in [0.5, 0.6) is 0 Å². The van der Waals surface area contributed by atoms with Crippen LogP contribution < -0.4 is 16.0 Å². The second-order valence-corrected chi connectivity index (χ2v) is 10.4. The molecule has 166 valence electrons. The molecule has 9 nitrogen and oxygen atoms in total. The van der Waals surface area contributed by atoms with Gasteiger partial charge in [-0.05, 0) is 67.4 Å². The normalized spacial score (nSPS) is 21.0. The number of carbonyl (C=O) groups excluding carboxylic acids is 1. The van der Waals surface area contributed by atoms with Crippen molar-refractivity contribution in [3.8, 4) is 6.07 Å². The Morgan fingerprint density at radius 3 is 2.48 bits per heavy atom. The molecule has 0 radical (unpaired) electrons. The highest BCUT2D eigenvalue weighted by Crippen LogP contribution is 2.34. The van der Waals surface area contributed by atoms with Gasteiger partial charge in [-0.3, -0.25) is 0 Å². The largest absolute Gasteiger partial charge is 0.444 e. The van der Waals surface area contributed by atoms with E-state index in [4.69, 9.17) is 4.74 Å². The van der Waals surface area contributed by atoms with Crippen molar-refractivity contribution in [2.24, 2.45) is 0 Å². The zero-order valence-corrected chi connectivity index (χ0v) is 19.3. The summed E-state index contributed by atoms with van der Waals surface area (Å²) in [6.07, 6.45) is 2.74. The minimum atomic E-state index is -0.529. The number of fused-ring (bicyclic) bond motifs is 1. The Kier molecular flexibility index (Phi) is 5.70. The quantitative estimate of drug-likeness (QED) is 0.672. The van der Waals surface area contributed by atoms with Gasteiger partial charge in [0, 0.05) is 28.7 Å². The van der Waals surface area contributed by atoms with Crippen LogP contribution in [0.3, 0.4) is 0 Å². The molecule has 0 aliphatic heterocycles. The number of anilines is 2. The number of pyridine rings is 1. The lowest BCUT2D eigenvalue weighted by Crippen LogP contribution is -2.60. The molecule has 2 aromatic heterocycles. The van der Waals surface area contributed by atoms with E-state index in [1.807, 2.05) is 48.5 Å². The standard InChI is InChI=1S/C22H31N7O2/c1-20(2,3)28-17-16-13(8-14(11-23)25-17)12-24-18(27-16)26-15-9-22(7,10-15)29-19(30)31-21(4,5)6/h8,12,15H,9-10H2,1-7H3,(H,25,28)(H,29,30)(H,24,26,27)/t15-,22-. The van der Waals surface area contributed by atoms with Crippen molar-refractivity contribution < 1.29 is 9.53 Å². The van der Waals surface area contributed by atoms with Crippen molar-refractivity contribution in [2.45, 2.75) is 84.0 Å². The number of hydrogen-bond donors (Lipinski definition) is 3. The van der Waals surface area contributed by atoms with Gasteiger partial charge < -0.3 is 20.7 Å². The Morgan fingerprint density at radius 1 is 1.23 bits per heavy atom. The van der Waals surface area contributed by atoms with E-state index < -0.39 is 11.7 Å². The molecule has 0 bridgehead atoms. The molecule has 0 atom stereocenters. The van der Waals surface area contributed by atoms with Gasteiger partial charge in [0.15, 0.2) is 5.82 Å². The molecule has 1 amide bonds. The van der Waals surface area contributed by atoms with Crippen molar-refractivity contribution in [1.82, 2.24) is 20.3 Å². The van der Waals surface area contributed by atoms with E-state index >= 15 is 0 Å². The van der Waals surface area contributed by atoms with Crippen LogP contribution in [0.4, 0.5) is 16.6 Å².